The highest BCUT2D eigenvalue weighted by Crippen LogP contribution is 2.42. The second-order valence-corrected chi connectivity index (χ2v) is 7.23. The Hall–Kier alpha value is -3.52. The SMILES string of the molecule is CCOc1cccc(/C(O)=C2/C(=O)C(=O)N(CCCOC)C2c2ccc(OC)c(O)c2)c1. The molecule has 8 nitrogen and oxygen atoms in total. The van der Waals surface area contributed by atoms with Crippen molar-refractivity contribution >= 4 is 17.4 Å². The van der Waals surface area contributed by atoms with Crippen LogP contribution in [0.15, 0.2) is 48.0 Å². The van der Waals surface area contributed by atoms with E-state index in [1.807, 2.05) is 6.92 Å². The van der Waals surface area contributed by atoms with Crippen LogP contribution in [0, 0.1) is 0 Å². The molecule has 170 valence electrons. The third kappa shape index (κ3) is 4.55. The van der Waals surface area contributed by atoms with Crippen molar-refractivity contribution in [1.82, 2.24) is 4.90 Å². The Balaban J connectivity index is 2.13. The lowest BCUT2D eigenvalue weighted by Gasteiger charge is -2.25. The van der Waals surface area contributed by atoms with Crippen molar-refractivity contribution in [3.05, 3.63) is 59.2 Å². The maximum absolute atomic E-state index is 13.0. The molecule has 0 aliphatic carbocycles. The Labute approximate surface area is 186 Å². The van der Waals surface area contributed by atoms with Gasteiger partial charge in [0.1, 0.15) is 11.5 Å². The molecule has 32 heavy (non-hydrogen) atoms. The van der Waals surface area contributed by atoms with E-state index < -0.39 is 17.7 Å². The normalized spacial score (nSPS) is 17.6. The van der Waals surface area contributed by atoms with Gasteiger partial charge in [0.05, 0.1) is 25.3 Å². The van der Waals surface area contributed by atoms with Crippen molar-refractivity contribution in [1.29, 1.82) is 0 Å². The van der Waals surface area contributed by atoms with E-state index in [4.69, 9.17) is 14.2 Å². The van der Waals surface area contributed by atoms with E-state index >= 15 is 0 Å². The second kappa shape index (κ2) is 10.2. The lowest BCUT2D eigenvalue weighted by atomic mass is 9.95. The second-order valence-electron chi connectivity index (χ2n) is 7.23. The summed E-state index contributed by atoms with van der Waals surface area (Å²) in [7, 11) is 2.98. The number of aromatic hydroxyl groups is 1. The number of ether oxygens (including phenoxy) is 3. The summed E-state index contributed by atoms with van der Waals surface area (Å²) in [5, 5.41) is 21.4. The quantitative estimate of drug-likeness (QED) is 0.266. The van der Waals surface area contributed by atoms with Crippen LogP contribution in [0.4, 0.5) is 0 Å². The first kappa shape index (κ1) is 23.1. The summed E-state index contributed by atoms with van der Waals surface area (Å²) in [5.41, 5.74) is 0.779. The van der Waals surface area contributed by atoms with Gasteiger partial charge in [0.15, 0.2) is 11.5 Å². The molecule has 1 amide bonds. The molecule has 0 saturated carbocycles. The number of phenolic OH excluding ortho intramolecular Hbond substituents is 1. The van der Waals surface area contributed by atoms with Crippen LogP contribution < -0.4 is 9.47 Å². The maximum Gasteiger partial charge on any atom is 0.295 e. The number of carbonyl (C=O) groups is 2. The van der Waals surface area contributed by atoms with Crippen molar-refractivity contribution in [2.24, 2.45) is 0 Å². The highest BCUT2D eigenvalue weighted by Gasteiger charge is 2.46. The van der Waals surface area contributed by atoms with Crippen molar-refractivity contribution in [2.45, 2.75) is 19.4 Å². The standard InChI is InChI=1S/C24H27NO7/c1-4-32-17-8-5-7-16(13-17)22(27)20-21(15-9-10-19(31-3)18(26)14-15)25(11-6-12-30-2)24(29)23(20)28/h5,7-10,13-14,21,26-27H,4,6,11-12H2,1-3H3/b22-20-. The number of aliphatic hydroxyl groups excluding tert-OH is 1. The van der Waals surface area contributed by atoms with E-state index in [-0.39, 0.29) is 29.4 Å². The minimum absolute atomic E-state index is 0.0503. The van der Waals surface area contributed by atoms with Gasteiger partial charge in [0.25, 0.3) is 11.7 Å². The highest BCUT2D eigenvalue weighted by molar-refractivity contribution is 6.46. The zero-order valence-electron chi connectivity index (χ0n) is 18.3. The van der Waals surface area contributed by atoms with Gasteiger partial charge in [-0.05, 0) is 43.2 Å². The molecule has 3 rings (SSSR count). The van der Waals surface area contributed by atoms with Crippen LogP contribution >= 0.6 is 0 Å². The number of benzene rings is 2. The maximum atomic E-state index is 13.0. The number of phenols is 1. The Morgan fingerprint density at radius 1 is 1.12 bits per heavy atom. The molecular weight excluding hydrogens is 414 g/mol. The van der Waals surface area contributed by atoms with Crippen molar-refractivity contribution in [3.63, 3.8) is 0 Å². The Kier molecular flexibility index (Phi) is 7.37. The summed E-state index contributed by atoms with van der Waals surface area (Å²) in [6.45, 7) is 2.93. The Morgan fingerprint density at radius 3 is 2.56 bits per heavy atom. The van der Waals surface area contributed by atoms with E-state index in [0.29, 0.717) is 36.5 Å². The molecule has 2 N–H and O–H groups in total. The molecule has 0 aromatic heterocycles. The highest BCUT2D eigenvalue weighted by atomic mass is 16.5. The number of methoxy groups -OCH3 is 2. The van der Waals surface area contributed by atoms with Gasteiger partial charge in [-0.2, -0.15) is 0 Å². The summed E-state index contributed by atoms with van der Waals surface area (Å²) in [6.07, 6.45) is 0.502. The minimum Gasteiger partial charge on any atom is -0.507 e. The number of amides is 1. The number of hydrogen-bond donors (Lipinski definition) is 2. The molecule has 1 aliphatic rings. The van der Waals surface area contributed by atoms with Crippen LogP contribution in [0.5, 0.6) is 17.2 Å². The number of Topliss-reactive ketones (excluding diaryl/α,β-unsaturated/α-hetero) is 1. The fraction of sp³-hybridized carbons (Fsp3) is 0.333. The zero-order valence-corrected chi connectivity index (χ0v) is 18.3. The van der Waals surface area contributed by atoms with E-state index in [1.165, 1.54) is 18.1 Å². The first-order chi connectivity index (χ1) is 15.4. The first-order valence-electron chi connectivity index (χ1n) is 10.3. The molecule has 2 aromatic rings. The van der Waals surface area contributed by atoms with Crippen LogP contribution in [0.3, 0.4) is 0 Å². The fourth-order valence-electron chi connectivity index (χ4n) is 3.77. The van der Waals surface area contributed by atoms with E-state index in [2.05, 4.69) is 0 Å². The number of aliphatic hydroxyl groups is 1. The van der Waals surface area contributed by atoms with E-state index in [1.54, 1.807) is 43.5 Å². The number of hydrogen-bond acceptors (Lipinski definition) is 7. The lowest BCUT2D eigenvalue weighted by Crippen LogP contribution is -2.31. The van der Waals surface area contributed by atoms with Gasteiger partial charge in [-0.3, -0.25) is 9.59 Å². The van der Waals surface area contributed by atoms with Gasteiger partial charge in [-0.25, -0.2) is 0 Å². The Bertz CT molecular complexity index is 1030. The van der Waals surface area contributed by atoms with Gasteiger partial charge >= 0.3 is 0 Å². The van der Waals surface area contributed by atoms with E-state index in [9.17, 15) is 19.8 Å². The molecule has 8 heteroatoms. The van der Waals surface area contributed by atoms with Gasteiger partial charge in [0.2, 0.25) is 0 Å². The summed E-state index contributed by atoms with van der Waals surface area (Å²) >= 11 is 0. The summed E-state index contributed by atoms with van der Waals surface area (Å²) < 4.78 is 15.7. The molecule has 0 bridgehead atoms. The van der Waals surface area contributed by atoms with Crippen LogP contribution in [-0.2, 0) is 14.3 Å². The van der Waals surface area contributed by atoms with Crippen LogP contribution in [0.1, 0.15) is 30.5 Å². The fourth-order valence-corrected chi connectivity index (χ4v) is 3.77. The van der Waals surface area contributed by atoms with Crippen LogP contribution in [0.2, 0.25) is 0 Å². The molecule has 1 saturated heterocycles. The average Bonchev–Trinajstić information content (AvgIpc) is 3.04. The lowest BCUT2D eigenvalue weighted by molar-refractivity contribution is -0.140. The van der Waals surface area contributed by atoms with Crippen LogP contribution in [0.25, 0.3) is 5.76 Å². The molecule has 1 fully saturated rings. The van der Waals surface area contributed by atoms with Crippen LogP contribution in [-0.4, -0.2) is 60.8 Å². The molecule has 2 aromatic carbocycles. The number of carbonyl (C=O) groups excluding carboxylic acids is 2. The molecule has 0 spiro atoms. The van der Waals surface area contributed by atoms with Gasteiger partial charge in [0, 0.05) is 25.8 Å². The predicted molar refractivity (Wildman–Crippen MR) is 118 cm³/mol. The number of likely N-dealkylation sites (tertiary alicyclic amines) is 1. The number of ketones is 1. The van der Waals surface area contributed by atoms with Gasteiger partial charge in [-0.15, -0.1) is 0 Å². The van der Waals surface area contributed by atoms with Gasteiger partial charge in [-0.1, -0.05) is 18.2 Å². The minimum atomic E-state index is -0.876. The average molecular weight is 441 g/mol. The van der Waals surface area contributed by atoms with E-state index in [0.717, 1.165) is 0 Å². The monoisotopic (exact) mass is 441 g/mol. The van der Waals surface area contributed by atoms with Gasteiger partial charge < -0.3 is 29.3 Å². The predicted octanol–water partition coefficient (Wildman–Crippen LogP) is 3.26. The largest absolute Gasteiger partial charge is 0.507 e. The molecular formula is C24H27NO7. The first-order valence-corrected chi connectivity index (χ1v) is 10.3. The number of nitrogens with zero attached hydrogens (tertiary/aromatic N) is 1. The zero-order chi connectivity index (χ0) is 23.3. The van der Waals surface area contributed by atoms with Crippen molar-refractivity contribution in [3.8, 4) is 17.2 Å². The third-order valence-electron chi connectivity index (χ3n) is 5.22. The summed E-state index contributed by atoms with van der Waals surface area (Å²) in [4.78, 5) is 27.3. The molecule has 0 radical (unpaired) electrons. The molecule has 1 heterocycles. The summed E-state index contributed by atoms with van der Waals surface area (Å²) in [6, 6.07) is 10.4. The smallest absolute Gasteiger partial charge is 0.295 e. The molecule has 1 unspecified atom stereocenters. The molecule has 1 atom stereocenters. The summed E-state index contributed by atoms with van der Waals surface area (Å²) in [5.74, 6) is -1.16. The van der Waals surface area contributed by atoms with Crippen molar-refractivity contribution in [2.75, 3.05) is 34.0 Å². The third-order valence-corrected chi connectivity index (χ3v) is 5.22. The topological polar surface area (TPSA) is 106 Å². The molecule has 1 aliphatic heterocycles. The van der Waals surface area contributed by atoms with Crippen molar-refractivity contribution < 1.29 is 34.0 Å². The Morgan fingerprint density at radius 2 is 1.91 bits per heavy atom. The number of rotatable bonds is 9.